The van der Waals surface area contributed by atoms with Crippen molar-refractivity contribution in [1.82, 2.24) is 4.98 Å². The zero-order valence-corrected chi connectivity index (χ0v) is 13.8. The first kappa shape index (κ1) is 16.9. The first-order valence-electron chi connectivity index (χ1n) is 7.26. The number of pyridine rings is 1. The van der Waals surface area contributed by atoms with E-state index in [1.807, 2.05) is 36.4 Å². The van der Waals surface area contributed by atoms with Crippen LogP contribution in [0.5, 0.6) is 5.75 Å². The van der Waals surface area contributed by atoms with E-state index in [9.17, 15) is 10.2 Å². The van der Waals surface area contributed by atoms with E-state index in [2.05, 4.69) is 20.9 Å². The Labute approximate surface area is 138 Å². The van der Waals surface area contributed by atoms with E-state index in [0.29, 0.717) is 12.8 Å². The summed E-state index contributed by atoms with van der Waals surface area (Å²) in [6, 6.07) is 11.3. The Balaban J connectivity index is 1.88. The van der Waals surface area contributed by atoms with Crippen LogP contribution in [0.2, 0.25) is 0 Å². The summed E-state index contributed by atoms with van der Waals surface area (Å²) in [6.07, 6.45) is 4.03. The Morgan fingerprint density at radius 1 is 1.18 bits per heavy atom. The van der Waals surface area contributed by atoms with E-state index >= 15 is 0 Å². The molecule has 0 radical (unpaired) electrons. The van der Waals surface area contributed by atoms with Crippen molar-refractivity contribution in [2.24, 2.45) is 0 Å². The molecule has 0 bridgehead atoms. The Morgan fingerprint density at radius 2 is 1.95 bits per heavy atom. The fourth-order valence-corrected chi connectivity index (χ4v) is 2.58. The quantitative estimate of drug-likeness (QED) is 0.754. The molecule has 0 amide bonds. The normalized spacial score (nSPS) is 13.6. The second-order valence-electron chi connectivity index (χ2n) is 5.15. The highest BCUT2D eigenvalue weighted by Gasteiger charge is 2.17. The summed E-state index contributed by atoms with van der Waals surface area (Å²) in [4.78, 5) is 4.10. The van der Waals surface area contributed by atoms with Crippen molar-refractivity contribution in [2.45, 2.75) is 24.9 Å². The van der Waals surface area contributed by atoms with Gasteiger partial charge in [0.1, 0.15) is 12.4 Å². The Bertz CT molecular complexity index is 548. The van der Waals surface area contributed by atoms with Crippen LogP contribution in [0, 0.1) is 0 Å². The molecule has 2 aromatic rings. The molecule has 1 heterocycles. The molecule has 1 unspecified atom stereocenters. The molecule has 4 nitrogen and oxygen atoms in total. The van der Waals surface area contributed by atoms with Crippen LogP contribution in [0.15, 0.2) is 53.3 Å². The van der Waals surface area contributed by atoms with Gasteiger partial charge in [-0.3, -0.25) is 4.98 Å². The maximum Gasteiger partial charge on any atom is 0.119 e. The Kier molecular flexibility index (Phi) is 6.83. The number of benzene rings is 1. The smallest absolute Gasteiger partial charge is 0.119 e. The summed E-state index contributed by atoms with van der Waals surface area (Å²) >= 11 is 3.37. The zero-order chi connectivity index (χ0) is 15.8. The maximum absolute atomic E-state index is 10.2. The van der Waals surface area contributed by atoms with Crippen molar-refractivity contribution in [2.75, 3.05) is 13.2 Å². The minimum Gasteiger partial charge on any atom is -0.491 e. The summed E-state index contributed by atoms with van der Waals surface area (Å²) in [7, 11) is 0. The predicted molar refractivity (Wildman–Crippen MR) is 88.9 cm³/mol. The average molecular weight is 366 g/mol. The molecule has 22 heavy (non-hydrogen) atoms. The molecular weight excluding hydrogens is 346 g/mol. The number of ether oxygens (including phenoxy) is 1. The molecule has 0 fully saturated rings. The number of halogens is 1. The second-order valence-corrected chi connectivity index (χ2v) is 6.07. The van der Waals surface area contributed by atoms with Gasteiger partial charge in [-0.05, 0) is 54.7 Å². The average Bonchev–Trinajstić information content (AvgIpc) is 2.55. The van der Waals surface area contributed by atoms with Crippen LogP contribution in [0.3, 0.4) is 0 Å². The van der Waals surface area contributed by atoms with Gasteiger partial charge in [0.05, 0.1) is 6.10 Å². The van der Waals surface area contributed by atoms with Crippen LogP contribution >= 0.6 is 15.9 Å². The highest BCUT2D eigenvalue weighted by atomic mass is 79.9. The first-order valence-corrected chi connectivity index (χ1v) is 8.05. The Morgan fingerprint density at radius 3 is 2.59 bits per heavy atom. The first-order chi connectivity index (χ1) is 10.7. The number of hydrogen-bond acceptors (Lipinski definition) is 4. The van der Waals surface area contributed by atoms with E-state index < -0.39 is 6.10 Å². The molecule has 0 spiro atoms. The zero-order valence-electron chi connectivity index (χ0n) is 12.2. The molecule has 0 aliphatic heterocycles. The number of aliphatic hydroxyl groups is 2. The van der Waals surface area contributed by atoms with E-state index in [1.54, 1.807) is 12.4 Å². The fraction of sp³-hybridized carbons (Fsp3) is 0.353. The Hall–Kier alpha value is -1.43. The lowest BCUT2D eigenvalue weighted by atomic mass is 9.92. The number of rotatable bonds is 8. The lowest BCUT2D eigenvalue weighted by molar-refractivity contribution is 0.0902. The highest BCUT2D eigenvalue weighted by molar-refractivity contribution is 9.10. The molecule has 1 aromatic heterocycles. The summed E-state index contributed by atoms with van der Waals surface area (Å²) in [5, 5.41) is 19.4. The van der Waals surface area contributed by atoms with Crippen LogP contribution in [0.4, 0.5) is 0 Å². The second kappa shape index (κ2) is 8.88. The van der Waals surface area contributed by atoms with E-state index in [-0.39, 0.29) is 19.1 Å². The molecule has 118 valence electrons. The van der Waals surface area contributed by atoms with Gasteiger partial charge in [0.25, 0.3) is 0 Å². The standard InChI is InChI=1S/C17H20BrNO3/c18-15-3-5-17(6-4-15)22-12-16(21)10-13(7-9-20)14-2-1-8-19-11-14/h1-6,8,11,13,16,20-21H,7,9-10,12H2/t13?,16-/m1/s1. The predicted octanol–water partition coefficient (Wildman–Crippen LogP) is 3.14. The van der Waals surface area contributed by atoms with E-state index in [0.717, 1.165) is 15.8 Å². The molecule has 2 rings (SSSR count). The van der Waals surface area contributed by atoms with Crippen molar-refractivity contribution in [3.05, 3.63) is 58.8 Å². The van der Waals surface area contributed by atoms with Gasteiger partial charge in [-0.2, -0.15) is 0 Å². The van der Waals surface area contributed by atoms with Gasteiger partial charge < -0.3 is 14.9 Å². The van der Waals surface area contributed by atoms with Gasteiger partial charge in [-0.1, -0.05) is 22.0 Å². The van der Waals surface area contributed by atoms with Crippen molar-refractivity contribution in [1.29, 1.82) is 0 Å². The topological polar surface area (TPSA) is 62.6 Å². The third kappa shape index (κ3) is 5.40. The van der Waals surface area contributed by atoms with Crippen molar-refractivity contribution in [3.8, 4) is 5.75 Å². The molecule has 5 heteroatoms. The van der Waals surface area contributed by atoms with Gasteiger partial charge in [0.2, 0.25) is 0 Å². The van der Waals surface area contributed by atoms with Crippen LogP contribution in [0.1, 0.15) is 24.3 Å². The van der Waals surface area contributed by atoms with Gasteiger partial charge in [0, 0.05) is 23.5 Å². The molecule has 0 saturated heterocycles. The highest BCUT2D eigenvalue weighted by Crippen LogP contribution is 2.24. The van der Waals surface area contributed by atoms with Crippen LogP contribution in [-0.4, -0.2) is 34.5 Å². The lowest BCUT2D eigenvalue weighted by Crippen LogP contribution is -2.21. The van der Waals surface area contributed by atoms with Crippen molar-refractivity contribution in [3.63, 3.8) is 0 Å². The molecule has 0 aliphatic rings. The third-order valence-electron chi connectivity index (χ3n) is 3.45. The van der Waals surface area contributed by atoms with E-state index in [1.165, 1.54) is 0 Å². The SMILES string of the molecule is OCCC(C[C@@H](O)COc1ccc(Br)cc1)c1cccnc1. The molecule has 2 N–H and O–H groups in total. The van der Waals surface area contributed by atoms with Crippen molar-refractivity contribution < 1.29 is 14.9 Å². The largest absolute Gasteiger partial charge is 0.491 e. The molecule has 2 atom stereocenters. The van der Waals surface area contributed by atoms with Crippen LogP contribution in [0.25, 0.3) is 0 Å². The van der Waals surface area contributed by atoms with Gasteiger partial charge >= 0.3 is 0 Å². The monoisotopic (exact) mass is 365 g/mol. The van der Waals surface area contributed by atoms with E-state index in [4.69, 9.17) is 4.74 Å². The molecule has 0 saturated carbocycles. The molecule has 0 aliphatic carbocycles. The minimum absolute atomic E-state index is 0.0715. The van der Waals surface area contributed by atoms with Crippen LogP contribution < -0.4 is 4.74 Å². The van der Waals surface area contributed by atoms with Gasteiger partial charge in [-0.15, -0.1) is 0 Å². The fourth-order valence-electron chi connectivity index (χ4n) is 2.31. The number of nitrogens with zero attached hydrogens (tertiary/aromatic N) is 1. The number of hydrogen-bond donors (Lipinski definition) is 2. The lowest BCUT2D eigenvalue weighted by Gasteiger charge is -2.20. The summed E-state index contributed by atoms with van der Waals surface area (Å²) in [5.41, 5.74) is 1.03. The van der Waals surface area contributed by atoms with Crippen LogP contribution in [-0.2, 0) is 0 Å². The molecular formula is C17H20BrNO3. The summed E-state index contributed by atoms with van der Waals surface area (Å²) in [6.45, 7) is 0.309. The molecule has 1 aromatic carbocycles. The van der Waals surface area contributed by atoms with Crippen molar-refractivity contribution >= 4 is 15.9 Å². The maximum atomic E-state index is 10.2. The minimum atomic E-state index is -0.597. The third-order valence-corrected chi connectivity index (χ3v) is 3.97. The number of aromatic nitrogens is 1. The number of aliphatic hydroxyl groups excluding tert-OH is 2. The summed E-state index contributed by atoms with van der Waals surface area (Å²) in [5.74, 6) is 0.796. The van der Waals surface area contributed by atoms with Gasteiger partial charge in [-0.25, -0.2) is 0 Å². The van der Waals surface area contributed by atoms with Gasteiger partial charge in [0.15, 0.2) is 0 Å². The summed E-state index contributed by atoms with van der Waals surface area (Å²) < 4.78 is 6.57.